The lowest BCUT2D eigenvalue weighted by atomic mass is 10.1. The van der Waals surface area contributed by atoms with E-state index in [0.717, 1.165) is 31.9 Å². The van der Waals surface area contributed by atoms with Gasteiger partial charge in [-0.1, -0.05) is 0 Å². The van der Waals surface area contributed by atoms with Gasteiger partial charge in [0, 0.05) is 33.4 Å². The van der Waals surface area contributed by atoms with E-state index >= 15 is 0 Å². The predicted octanol–water partition coefficient (Wildman–Crippen LogP) is 0.727. The zero-order chi connectivity index (χ0) is 9.52. The van der Waals surface area contributed by atoms with Gasteiger partial charge in [0.1, 0.15) is 0 Å². The average Bonchev–Trinajstić information content (AvgIpc) is 2.54. The van der Waals surface area contributed by atoms with Crippen molar-refractivity contribution in [2.45, 2.75) is 19.3 Å². The number of methoxy groups -OCH3 is 1. The second kappa shape index (κ2) is 6.35. The van der Waals surface area contributed by atoms with Crippen molar-refractivity contribution in [3.8, 4) is 0 Å². The number of aliphatic hydroxyl groups excluding tert-OH is 1. The molecule has 0 bridgehead atoms. The van der Waals surface area contributed by atoms with Crippen LogP contribution in [-0.2, 0) is 4.74 Å². The molecule has 0 aromatic heterocycles. The molecule has 1 N–H and O–H groups in total. The van der Waals surface area contributed by atoms with E-state index < -0.39 is 0 Å². The topological polar surface area (TPSA) is 32.7 Å². The van der Waals surface area contributed by atoms with Crippen molar-refractivity contribution in [3.63, 3.8) is 0 Å². The summed E-state index contributed by atoms with van der Waals surface area (Å²) < 4.78 is 5.01. The molecule has 1 aliphatic rings. The minimum absolute atomic E-state index is 0.344. The van der Waals surface area contributed by atoms with Gasteiger partial charge in [0.2, 0.25) is 0 Å². The van der Waals surface area contributed by atoms with Gasteiger partial charge < -0.3 is 14.7 Å². The Morgan fingerprint density at radius 3 is 3.08 bits per heavy atom. The molecular formula is C10H21NO2. The van der Waals surface area contributed by atoms with Crippen molar-refractivity contribution in [1.82, 2.24) is 4.90 Å². The van der Waals surface area contributed by atoms with E-state index in [2.05, 4.69) is 4.90 Å². The highest BCUT2D eigenvalue weighted by molar-refractivity contribution is 4.74. The molecule has 1 heterocycles. The first-order valence-electron chi connectivity index (χ1n) is 5.19. The fraction of sp³-hybridized carbons (Fsp3) is 1.00. The van der Waals surface area contributed by atoms with Gasteiger partial charge in [-0.25, -0.2) is 0 Å². The smallest absolute Gasteiger partial charge is 0.0474 e. The molecule has 1 rings (SSSR count). The predicted molar refractivity (Wildman–Crippen MR) is 52.7 cm³/mol. The van der Waals surface area contributed by atoms with Gasteiger partial charge in [-0.15, -0.1) is 0 Å². The minimum atomic E-state index is 0.344. The number of hydrogen-bond acceptors (Lipinski definition) is 3. The summed E-state index contributed by atoms with van der Waals surface area (Å²) in [5.74, 6) is 0.729. The number of likely N-dealkylation sites (tertiary alicyclic amines) is 1. The number of hydrogen-bond donors (Lipinski definition) is 1. The molecule has 0 spiro atoms. The van der Waals surface area contributed by atoms with Crippen molar-refractivity contribution >= 4 is 0 Å². The summed E-state index contributed by atoms with van der Waals surface area (Å²) in [4.78, 5) is 2.47. The zero-order valence-corrected chi connectivity index (χ0v) is 8.54. The normalized spacial score (nSPS) is 24.0. The van der Waals surface area contributed by atoms with E-state index in [1.807, 2.05) is 0 Å². The third-order valence-electron chi connectivity index (χ3n) is 2.73. The number of rotatable bonds is 6. The molecule has 1 unspecified atom stereocenters. The Morgan fingerprint density at radius 1 is 1.54 bits per heavy atom. The molecule has 1 atom stereocenters. The van der Waals surface area contributed by atoms with Crippen LogP contribution in [0.1, 0.15) is 19.3 Å². The van der Waals surface area contributed by atoms with Crippen LogP contribution in [0.5, 0.6) is 0 Å². The van der Waals surface area contributed by atoms with Gasteiger partial charge in [-0.2, -0.15) is 0 Å². The molecule has 1 fully saturated rings. The van der Waals surface area contributed by atoms with Gasteiger partial charge in [0.15, 0.2) is 0 Å². The Hall–Kier alpha value is -0.120. The lowest BCUT2D eigenvalue weighted by Gasteiger charge is -2.14. The number of aliphatic hydroxyl groups is 1. The Bertz CT molecular complexity index is 130. The van der Waals surface area contributed by atoms with E-state index in [4.69, 9.17) is 9.84 Å². The molecule has 13 heavy (non-hydrogen) atoms. The van der Waals surface area contributed by atoms with Gasteiger partial charge in [-0.05, 0) is 31.7 Å². The Labute approximate surface area is 80.7 Å². The molecule has 0 saturated carbocycles. The van der Waals surface area contributed by atoms with Crippen LogP contribution < -0.4 is 0 Å². The van der Waals surface area contributed by atoms with Crippen molar-refractivity contribution in [2.75, 3.05) is 40.0 Å². The van der Waals surface area contributed by atoms with Gasteiger partial charge in [0.25, 0.3) is 0 Å². The summed E-state index contributed by atoms with van der Waals surface area (Å²) in [6, 6.07) is 0. The maximum atomic E-state index is 8.79. The standard InChI is InChI=1S/C10H21NO2/c1-13-8-2-5-11-6-3-10(9-11)4-7-12/h10,12H,2-9H2,1H3. The minimum Gasteiger partial charge on any atom is -0.396 e. The monoisotopic (exact) mass is 187 g/mol. The lowest BCUT2D eigenvalue weighted by molar-refractivity contribution is 0.177. The van der Waals surface area contributed by atoms with Crippen LogP contribution in [0.25, 0.3) is 0 Å². The summed E-state index contributed by atoms with van der Waals surface area (Å²) in [5.41, 5.74) is 0. The fourth-order valence-corrected chi connectivity index (χ4v) is 1.97. The molecule has 0 amide bonds. The highest BCUT2D eigenvalue weighted by Crippen LogP contribution is 2.18. The largest absolute Gasteiger partial charge is 0.396 e. The van der Waals surface area contributed by atoms with Crippen LogP contribution in [0, 0.1) is 5.92 Å². The van der Waals surface area contributed by atoms with Crippen LogP contribution in [0.15, 0.2) is 0 Å². The number of nitrogens with zero attached hydrogens (tertiary/aromatic N) is 1. The van der Waals surface area contributed by atoms with Gasteiger partial charge >= 0.3 is 0 Å². The molecule has 0 radical (unpaired) electrons. The first kappa shape index (κ1) is 11.0. The van der Waals surface area contributed by atoms with Crippen LogP contribution in [0.4, 0.5) is 0 Å². The molecule has 0 aliphatic carbocycles. The molecule has 3 heteroatoms. The van der Waals surface area contributed by atoms with Crippen molar-refractivity contribution < 1.29 is 9.84 Å². The molecule has 1 aliphatic heterocycles. The van der Waals surface area contributed by atoms with E-state index in [0.29, 0.717) is 6.61 Å². The first-order chi connectivity index (χ1) is 6.36. The SMILES string of the molecule is COCCCN1CCC(CCO)C1. The van der Waals surface area contributed by atoms with Crippen molar-refractivity contribution in [1.29, 1.82) is 0 Å². The fourth-order valence-electron chi connectivity index (χ4n) is 1.97. The Morgan fingerprint density at radius 2 is 2.38 bits per heavy atom. The first-order valence-corrected chi connectivity index (χ1v) is 5.19. The molecule has 3 nitrogen and oxygen atoms in total. The quantitative estimate of drug-likeness (QED) is 0.622. The number of ether oxygens (including phenoxy) is 1. The molecule has 0 aromatic rings. The molecule has 0 aromatic carbocycles. The zero-order valence-electron chi connectivity index (χ0n) is 8.54. The van der Waals surface area contributed by atoms with Gasteiger partial charge in [0.05, 0.1) is 0 Å². The maximum absolute atomic E-state index is 8.79. The van der Waals surface area contributed by atoms with E-state index in [-0.39, 0.29) is 0 Å². The molecule has 1 saturated heterocycles. The van der Waals surface area contributed by atoms with Crippen LogP contribution in [0.2, 0.25) is 0 Å². The van der Waals surface area contributed by atoms with Crippen molar-refractivity contribution in [3.05, 3.63) is 0 Å². The molecular weight excluding hydrogens is 166 g/mol. The van der Waals surface area contributed by atoms with E-state index in [1.54, 1.807) is 7.11 Å². The average molecular weight is 187 g/mol. The summed E-state index contributed by atoms with van der Waals surface area (Å²) in [5, 5.41) is 8.79. The van der Waals surface area contributed by atoms with Crippen molar-refractivity contribution in [2.24, 2.45) is 5.92 Å². The lowest BCUT2D eigenvalue weighted by Crippen LogP contribution is -2.23. The molecule has 78 valence electrons. The Kier molecular flexibility index (Phi) is 5.35. The van der Waals surface area contributed by atoms with Crippen LogP contribution >= 0.6 is 0 Å². The summed E-state index contributed by atoms with van der Waals surface area (Å²) >= 11 is 0. The Balaban J connectivity index is 2.03. The summed E-state index contributed by atoms with van der Waals surface area (Å²) in [6.45, 7) is 4.73. The van der Waals surface area contributed by atoms with Crippen LogP contribution in [-0.4, -0.2) is 50.0 Å². The van der Waals surface area contributed by atoms with Gasteiger partial charge in [-0.3, -0.25) is 0 Å². The third-order valence-corrected chi connectivity index (χ3v) is 2.73. The second-order valence-corrected chi connectivity index (χ2v) is 3.81. The van der Waals surface area contributed by atoms with E-state index in [9.17, 15) is 0 Å². The highest BCUT2D eigenvalue weighted by Gasteiger charge is 2.20. The summed E-state index contributed by atoms with van der Waals surface area (Å²) in [7, 11) is 1.75. The maximum Gasteiger partial charge on any atom is 0.0474 e. The third kappa shape index (κ3) is 4.07. The van der Waals surface area contributed by atoms with Crippen LogP contribution in [0.3, 0.4) is 0 Å². The highest BCUT2D eigenvalue weighted by atomic mass is 16.5. The second-order valence-electron chi connectivity index (χ2n) is 3.81. The summed E-state index contributed by atoms with van der Waals surface area (Å²) in [6.07, 6.45) is 3.36. The van der Waals surface area contributed by atoms with E-state index in [1.165, 1.54) is 19.5 Å².